The average Bonchev–Trinajstić information content (AvgIpc) is 2.75. The van der Waals surface area contributed by atoms with E-state index in [9.17, 15) is 14.9 Å². The molecule has 8 heteroatoms. The Hall–Kier alpha value is -4.33. The van der Waals surface area contributed by atoms with Crippen molar-refractivity contribution in [1.29, 1.82) is 0 Å². The predicted octanol–water partition coefficient (Wildman–Crippen LogP) is 3.74. The van der Waals surface area contributed by atoms with Crippen molar-refractivity contribution in [2.45, 2.75) is 0 Å². The van der Waals surface area contributed by atoms with Crippen molar-refractivity contribution in [2.75, 3.05) is 5.43 Å². The molecule has 0 unspecified atom stereocenters. The zero-order valence-corrected chi connectivity index (χ0v) is 15.1. The number of non-ortho nitro benzene ring substituents is 1. The Labute approximate surface area is 164 Å². The van der Waals surface area contributed by atoms with Gasteiger partial charge in [-0.15, -0.1) is 0 Å². The van der Waals surface area contributed by atoms with Crippen LogP contribution in [0, 0.1) is 10.1 Å². The van der Waals surface area contributed by atoms with Gasteiger partial charge in [0.05, 0.1) is 22.0 Å². The van der Waals surface area contributed by atoms with Crippen molar-refractivity contribution in [3.63, 3.8) is 0 Å². The van der Waals surface area contributed by atoms with Crippen LogP contribution in [0.15, 0.2) is 88.8 Å². The maximum absolute atomic E-state index is 12.4. The largest absolute Gasteiger partial charge is 0.282 e. The number of anilines is 1. The van der Waals surface area contributed by atoms with Crippen LogP contribution in [0.3, 0.4) is 0 Å². The van der Waals surface area contributed by atoms with Crippen molar-refractivity contribution in [2.24, 2.45) is 5.10 Å². The standard InChI is InChI=1S/C21H15N5O3/c27-20-18-8-4-5-9-19(18)25(16-6-2-1-3-7-16)21(23-20)24-22-14-15-10-12-17(13-11-15)26(28)29/h1-14H,(H,23,24,27)/b22-14-. The lowest BCUT2D eigenvalue weighted by atomic mass is 10.2. The lowest BCUT2D eigenvalue weighted by Crippen LogP contribution is -2.16. The van der Waals surface area contributed by atoms with Gasteiger partial charge in [-0.25, -0.2) is 5.43 Å². The molecule has 0 aliphatic heterocycles. The monoisotopic (exact) mass is 385 g/mol. The van der Waals surface area contributed by atoms with Gasteiger partial charge in [0.25, 0.3) is 11.2 Å². The molecule has 1 N–H and O–H groups in total. The van der Waals surface area contributed by atoms with E-state index in [1.807, 2.05) is 47.0 Å². The Kier molecular flexibility index (Phi) is 4.81. The van der Waals surface area contributed by atoms with Gasteiger partial charge in [0, 0.05) is 17.8 Å². The number of benzene rings is 3. The van der Waals surface area contributed by atoms with Crippen LogP contribution in [0.25, 0.3) is 16.6 Å². The Bertz CT molecular complexity index is 1270. The third-order valence-electron chi connectivity index (χ3n) is 4.29. The van der Waals surface area contributed by atoms with Gasteiger partial charge < -0.3 is 0 Å². The highest BCUT2D eigenvalue weighted by atomic mass is 16.6. The molecule has 4 rings (SSSR count). The second kappa shape index (κ2) is 7.73. The molecular weight excluding hydrogens is 370 g/mol. The molecule has 0 spiro atoms. The number of nitrogens with one attached hydrogen (secondary N) is 1. The number of aromatic nitrogens is 2. The minimum Gasteiger partial charge on any atom is -0.279 e. The Morgan fingerprint density at radius 2 is 1.66 bits per heavy atom. The number of hydrazone groups is 1. The lowest BCUT2D eigenvalue weighted by molar-refractivity contribution is -0.384. The van der Waals surface area contributed by atoms with Crippen LogP contribution in [-0.4, -0.2) is 20.7 Å². The molecule has 1 aromatic heterocycles. The molecule has 29 heavy (non-hydrogen) atoms. The molecule has 4 aromatic rings. The van der Waals surface area contributed by atoms with Crippen LogP contribution in [-0.2, 0) is 0 Å². The van der Waals surface area contributed by atoms with Crippen molar-refractivity contribution in [1.82, 2.24) is 9.55 Å². The topological polar surface area (TPSA) is 102 Å². The number of nitro benzene ring substituents is 1. The fourth-order valence-electron chi connectivity index (χ4n) is 2.93. The quantitative estimate of drug-likeness (QED) is 0.320. The molecule has 0 aliphatic carbocycles. The van der Waals surface area contributed by atoms with E-state index in [0.29, 0.717) is 16.5 Å². The molecule has 3 aromatic carbocycles. The Balaban J connectivity index is 1.73. The number of para-hydroxylation sites is 2. The SMILES string of the molecule is O=c1nc(N/N=C\c2ccc([N+](=O)[O-])cc2)n(-c2ccccc2)c2ccccc12. The predicted molar refractivity (Wildman–Crippen MR) is 112 cm³/mol. The lowest BCUT2D eigenvalue weighted by Gasteiger charge is -2.15. The molecule has 0 amide bonds. The molecule has 0 aliphatic rings. The Morgan fingerprint density at radius 3 is 2.38 bits per heavy atom. The summed E-state index contributed by atoms with van der Waals surface area (Å²) >= 11 is 0. The average molecular weight is 385 g/mol. The molecule has 0 saturated heterocycles. The van der Waals surface area contributed by atoms with E-state index in [-0.39, 0.29) is 17.2 Å². The fourth-order valence-corrected chi connectivity index (χ4v) is 2.93. The number of hydrogen-bond acceptors (Lipinski definition) is 6. The smallest absolute Gasteiger partial charge is 0.279 e. The third-order valence-corrected chi connectivity index (χ3v) is 4.29. The number of hydrogen-bond donors (Lipinski definition) is 1. The molecule has 1 heterocycles. The minimum atomic E-state index is -0.462. The summed E-state index contributed by atoms with van der Waals surface area (Å²) < 4.78 is 1.81. The first-order valence-electron chi connectivity index (χ1n) is 8.74. The maximum atomic E-state index is 12.4. The van der Waals surface area contributed by atoms with Crippen LogP contribution in [0.2, 0.25) is 0 Å². The van der Waals surface area contributed by atoms with Gasteiger partial charge >= 0.3 is 0 Å². The van der Waals surface area contributed by atoms with E-state index >= 15 is 0 Å². The van der Waals surface area contributed by atoms with Crippen molar-refractivity contribution in [3.8, 4) is 5.69 Å². The minimum absolute atomic E-state index is 0.00391. The molecule has 0 atom stereocenters. The first-order chi connectivity index (χ1) is 14.1. The number of rotatable bonds is 5. The second-order valence-electron chi connectivity index (χ2n) is 6.15. The molecule has 0 radical (unpaired) electrons. The van der Waals surface area contributed by atoms with E-state index in [4.69, 9.17) is 0 Å². The van der Waals surface area contributed by atoms with Gasteiger partial charge in [0.2, 0.25) is 5.95 Å². The molecule has 142 valence electrons. The maximum Gasteiger partial charge on any atom is 0.282 e. The molecule has 0 fully saturated rings. The van der Waals surface area contributed by atoms with E-state index in [1.54, 1.807) is 24.3 Å². The van der Waals surface area contributed by atoms with E-state index in [2.05, 4.69) is 15.5 Å². The summed E-state index contributed by atoms with van der Waals surface area (Å²) in [5.41, 5.74) is 4.65. The zero-order chi connectivity index (χ0) is 20.2. The summed E-state index contributed by atoms with van der Waals surface area (Å²) in [6.45, 7) is 0. The van der Waals surface area contributed by atoms with Gasteiger partial charge in [0.1, 0.15) is 0 Å². The van der Waals surface area contributed by atoms with Gasteiger partial charge in [-0.05, 0) is 42.0 Å². The van der Waals surface area contributed by atoms with Crippen molar-refractivity contribution < 1.29 is 4.92 Å². The van der Waals surface area contributed by atoms with E-state index in [0.717, 1.165) is 5.69 Å². The summed E-state index contributed by atoms with van der Waals surface area (Å²) in [4.78, 5) is 26.9. The molecule has 8 nitrogen and oxygen atoms in total. The van der Waals surface area contributed by atoms with Crippen LogP contribution >= 0.6 is 0 Å². The van der Waals surface area contributed by atoms with E-state index in [1.165, 1.54) is 18.3 Å². The summed E-state index contributed by atoms with van der Waals surface area (Å²) in [6, 6.07) is 22.7. The summed E-state index contributed by atoms with van der Waals surface area (Å²) in [5.74, 6) is 0.262. The third kappa shape index (κ3) is 3.72. The van der Waals surface area contributed by atoms with Gasteiger partial charge in [0.15, 0.2) is 0 Å². The first kappa shape index (κ1) is 18.1. The Morgan fingerprint density at radius 1 is 0.966 bits per heavy atom. The summed E-state index contributed by atoms with van der Waals surface area (Å²) in [7, 11) is 0. The highest BCUT2D eigenvalue weighted by Gasteiger charge is 2.11. The highest BCUT2D eigenvalue weighted by molar-refractivity contribution is 5.82. The van der Waals surface area contributed by atoms with Gasteiger partial charge in [-0.1, -0.05) is 30.3 Å². The van der Waals surface area contributed by atoms with Crippen LogP contribution in [0.4, 0.5) is 11.6 Å². The second-order valence-corrected chi connectivity index (χ2v) is 6.15. The number of nitro groups is 1. The normalized spacial score (nSPS) is 11.0. The number of nitrogens with zero attached hydrogens (tertiary/aromatic N) is 4. The fraction of sp³-hybridized carbons (Fsp3) is 0. The van der Waals surface area contributed by atoms with Gasteiger partial charge in [-0.3, -0.25) is 19.5 Å². The molecule has 0 bridgehead atoms. The highest BCUT2D eigenvalue weighted by Crippen LogP contribution is 2.20. The zero-order valence-electron chi connectivity index (χ0n) is 15.1. The molecular formula is C21H15N5O3. The van der Waals surface area contributed by atoms with Crippen LogP contribution in [0.1, 0.15) is 5.56 Å². The first-order valence-corrected chi connectivity index (χ1v) is 8.74. The number of fused-ring (bicyclic) bond motifs is 1. The van der Waals surface area contributed by atoms with Crippen molar-refractivity contribution in [3.05, 3.63) is 105 Å². The van der Waals surface area contributed by atoms with Crippen molar-refractivity contribution >= 4 is 28.8 Å². The summed E-state index contributed by atoms with van der Waals surface area (Å²) in [6.07, 6.45) is 1.50. The van der Waals surface area contributed by atoms with Crippen LogP contribution in [0.5, 0.6) is 0 Å². The van der Waals surface area contributed by atoms with E-state index < -0.39 is 4.92 Å². The van der Waals surface area contributed by atoms with Gasteiger partial charge in [-0.2, -0.15) is 10.1 Å². The van der Waals surface area contributed by atoms with Crippen LogP contribution < -0.4 is 11.0 Å². The summed E-state index contributed by atoms with van der Waals surface area (Å²) in [5, 5.41) is 15.4. The molecule has 0 saturated carbocycles.